The second-order valence-corrected chi connectivity index (χ2v) is 8.28. The number of rotatable bonds is 4. The first-order chi connectivity index (χ1) is 15.3. The van der Waals surface area contributed by atoms with Crippen molar-refractivity contribution >= 4 is 18.0 Å². The number of hydrogen-bond acceptors (Lipinski definition) is 7. The second-order valence-electron chi connectivity index (χ2n) is 8.28. The van der Waals surface area contributed by atoms with E-state index in [1.165, 1.54) is 17.1 Å². The fraction of sp³-hybridized carbons (Fsp3) is 0.217. The molecule has 4 rings (SSSR count). The predicted molar refractivity (Wildman–Crippen MR) is 119 cm³/mol. The van der Waals surface area contributed by atoms with Gasteiger partial charge in [-0.25, -0.2) is 4.79 Å². The van der Waals surface area contributed by atoms with Gasteiger partial charge in [0.25, 0.3) is 11.3 Å². The highest BCUT2D eigenvalue weighted by atomic mass is 16.5. The van der Waals surface area contributed by atoms with Crippen molar-refractivity contribution in [3.8, 4) is 5.75 Å². The minimum atomic E-state index is -0.506. The smallest absolute Gasteiger partial charge is 0.343 e. The van der Waals surface area contributed by atoms with Crippen LogP contribution in [-0.4, -0.2) is 36.7 Å². The Morgan fingerprint density at radius 2 is 1.81 bits per heavy atom. The summed E-state index contributed by atoms with van der Waals surface area (Å²) in [6, 6.07) is 14.1. The maximum absolute atomic E-state index is 13.1. The number of ether oxygens (including phenoxy) is 1. The Labute approximate surface area is 184 Å². The molecule has 0 bridgehead atoms. The van der Waals surface area contributed by atoms with Gasteiger partial charge in [-0.1, -0.05) is 51.1 Å². The summed E-state index contributed by atoms with van der Waals surface area (Å²) >= 11 is 0. The highest BCUT2D eigenvalue weighted by Crippen LogP contribution is 2.20. The van der Waals surface area contributed by atoms with Crippen LogP contribution in [0, 0.1) is 6.92 Å². The highest BCUT2D eigenvalue weighted by Gasteiger charge is 2.24. The van der Waals surface area contributed by atoms with E-state index in [0.29, 0.717) is 22.6 Å². The van der Waals surface area contributed by atoms with Crippen LogP contribution in [0.2, 0.25) is 0 Å². The fourth-order valence-corrected chi connectivity index (χ4v) is 3.11. The number of fused-ring (bicyclic) bond motifs is 1. The first-order valence-electron chi connectivity index (χ1n) is 10.0. The summed E-state index contributed by atoms with van der Waals surface area (Å²) in [4.78, 5) is 25.7. The van der Waals surface area contributed by atoms with Crippen LogP contribution < -0.4 is 10.3 Å². The van der Waals surface area contributed by atoms with Crippen LogP contribution in [0.4, 0.5) is 0 Å². The third kappa shape index (κ3) is 4.04. The molecular formula is C23H22N6O3. The number of esters is 1. The minimum absolute atomic E-state index is 0.175. The molecule has 0 aliphatic heterocycles. The van der Waals surface area contributed by atoms with Crippen LogP contribution in [0.15, 0.2) is 64.8 Å². The van der Waals surface area contributed by atoms with Crippen molar-refractivity contribution in [2.75, 3.05) is 0 Å². The Balaban J connectivity index is 1.73. The number of para-hydroxylation sites is 1. The number of aryl methyl sites for hydroxylation is 1. The number of benzene rings is 2. The van der Waals surface area contributed by atoms with Gasteiger partial charge in [-0.05, 0) is 30.7 Å². The van der Waals surface area contributed by atoms with E-state index in [2.05, 4.69) is 20.4 Å². The Morgan fingerprint density at radius 1 is 1.09 bits per heavy atom. The Kier molecular flexibility index (Phi) is 5.40. The van der Waals surface area contributed by atoms with Gasteiger partial charge in [-0.3, -0.25) is 4.79 Å². The molecule has 32 heavy (non-hydrogen) atoms. The lowest BCUT2D eigenvalue weighted by atomic mass is 9.93. The molecule has 162 valence electrons. The monoisotopic (exact) mass is 430 g/mol. The zero-order valence-corrected chi connectivity index (χ0v) is 18.2. The van der Waals surface area contributed by atoms with E-state index in [9.17, 15) is 9.59 Å². The van der Waals surface area contributed by atoms with Gasteiger partial charge in [0.1, 0.15) is 17.8 Å². The first kappa shape index (κ1) is 21.1. The lowest BCUT2D eigenvalue weighted by Gasteiger charge is -2.16. The lowest BCUT2D eigenvalue weighted by molar-refractivity contribution is 0.0733. The van der Waals surface area contributed by atoms with Crippen molar-refractivity contribution in [3.05, 3.63) is 87.6 Å². The Morgan fingerprint density at radius 3 is 2.56 bits per heavy atom. The van der Waals surface area contributed by atoms with Crippen molar-refractivity contribution in [1.29, 1.82) is 0 Å². The van der Waals surface area contributed by atoms with Gasteiger partial charge in [0, 0.05) is 11.0 Å². The van der Waals surface area contributed by atoms with E-state index in [4.69, 9.17) is 4.74 Å². The normalized spacial score (nSPS) is 11.9. The fourth-order valence-electron chi connectivity index (χ4n) is 3.11. The van der Waals surface area contributed by atoms with Crippen LogP contribution in [0.1, 0.15) is 48.0 Å². The number of carbonyl (C=O) groups excluding carboxylic acids is 1. The Hall–Kier alpha value is -4.14. The summed E-state index contributed by atoms with van der Waals surface area (Å²) in [6.45, 7) is 7.51. The predicted octanol–water partition coefficient (Wildman–Crippen LogP) is 2.99. The Bertz CT molecular complexity index is 1390. The SMILES string of the molecule is Cc1ccccc1C(=O)Oc1ccccc1/C=N\n1c(=O)c(C(C)(C)C)nn2cnnc12. The molecule has 0 spiro atoms. The van der Waals surface area contributed by atoms with Gasteiger partial charge >= 0.3 is 5.97 Å². The number of nitrogens with zero attached hydrogens (tertiary/aromatic N) is 6. The zero-order valence-electron chi connectivity index (χ0n) is 18.2. The second kappa shape index (κ2) is 8.18. The van der Waals surface area contributed by atoms with E-state index in [-0.39, 0.29) is 5.78 Å². The van der Waals surface area contributed by atoms with Crippen molar-refractivity contribution in [2.24, 2.45) is 5.10 Å². The molecule has 0 unspecified atom stereocenters. The minimum Gasteiger partial charge on any atom is -0.422 e. The molecule has 0 amide bonds. The molecular weight excluding hydrogens is 408 g/mol. The summed E-state index contributed by atoms with van der Waals surface area (Å²) in [5.41, 5.74) is 1.23. The zero-order chi connectivity index (χ0) is 22.9. The van der Waals surface area contributed by atoms with Crippen molar-refractivity contribution in [3.63, 3.8) is 0 Å². The number of aromatic nitrogens is 5. The van der Waals surface area contributed by atoms with Crippen LogP contribution in [-0.2, 0) is 5.41 Å². The molecule has 4 aromatic rings. The molecule has 0 radical (unpaired) electrons. The summed E-state index contributed by atoms with van der Waals surface area (Å²) in [5.74, 6) is 0.0219. The number of hydrogen-bond donors (Lipinski definition) is 0. The van der Waals surface area contributed by atoms with Crippen molar-refractivity contribution in [1.82, 2.24) is 24.5 Å². The first-order valence-corrected chi connectivity index (χ1v) is 10.0. The van der Waals surface area contributed by atoms with E-state index in [1.807, 2.05) is 39.8 Å². The van der Waals surface area contributed by atoms with Gasteiger partial charge in [-0.2, -0.15) is 19.4 Å². The van der Waals surface area contributed by atoms with Gasteiger partial charge in [0.15, 0.2) is 0 Å². The third-order valence-corrected chi connectivity index (χ3v) is 4.81. The van der Waals surface area contributed by atoms with Gasteiger partial charge in [-0.15, -0.1) is 10.2 Å². The van der Waals surface area contributed by atoms with E-state index < -0.39 is 16.9 Å². The molecule has 0 aliphatic rings. The van der Waals surface area contributed by atoms with E-state index in [1.54, 1.807) is 36.4 Å². The van der Waals surface area contributed by atoms with Crippen LogP contribution >= 0.6 is 0 Å². The molecule has 2 aromatic carbocycles. The lowest BCUT2D eigenvalue weighted by Crippen LogP contribution is -2.33. The maximum Gasteiger partial charge on any atom is 0.343 e. The molecule has 0 saturated carbocycles. The van der Waals surface area contributed by atoms with Crippen LogP contribution in [0.25, 0.3) is 5.78 Å². The summed E-state index contributed by atoms with van der Waals surface area (Å²) in [7, 11) is 0. The molecule has 9 nitrogen and oxygen atoms in total. The molecule has 0 saturated heterocycles. The molecule has 2 aromatic heterocycles. The molecule has 0 aliphatic carbocycles. The quantitative estimate of drug-likeness (QED) is 0.280. The molecule has 0 fully saturated rings. The van der Waals surface area contributed by atoms with E-state index >= 15 is 0 Å². The van der Waals surface area contributed by atoms with Gasteiger partial charge in [0.05, 0.1) is 11.8 Å². The standard InChI is InChI=1S/C23H22N6O3/c1-15-9-5-7-11-17(15)21(31)32-18-12-8-6-10-16(18)13-25-29-20(30)19(23(2,3)4)27-28-14-24-26-22(28)29/h5-14H,1-4H3/b25-13-. The highest BCUT2D eigenvalue weighted by molar-refractivity contribution is 5.94. The van der Waals surface area contributed by atoms with Gasteiger partial charge in [0.2, 0.25) is 0 Å². The molecule has 0 N–H and O–H groups in total. The van der Waals surface area contributed by atoms with Crippen LogP contribution in [0.3, 0.4) is 0 Å². The van der Waals surface area contributed by atoms with E-state index in [0.717, 1.165) is 10.2 Å². The average Bonchev–Trinajstić information content (AvgIpc) is 3.21. The summed E-state index contributed by atoms with van der Waals surface area (Å²) in [5, 5.41) is 16.4. The van der Waals surface area contributed by atoms with Crippen LogP contribution in [0.5, 0.6) is 5.75 Å². The number of carbonyl (C=O) groups is 1. The topological polar surface area (TPSA) is 104 Å². The van der Waals surface area contributed by atoms with Crippen molar-refractivity contribution < 1.29 is 9.53 Å². The molecule has 0 atom stereocenters. The maximum atomic E-state index is 13.1. The summed E-state index contributed by atoms with van der Waals surface area (Å²) in [6.07, 6.45) is 2.86. The largest absolute Gasteiger partial charge is 0.422 e. The van der Waals surface area contributed by atoms with Crippen molar-refractivity contribution in [2.45, 2.75) is 33.1 Å². The molecule has 2 heterocycles. The third-order valence-electron chi connectivity index (χ3n) is 4.81. The average molecular weight is 430 g/mol. The molecule has 9 heteroatoms. The van der Waals surface area contributed by atoms with Gasteiger partial charge < -0.3 is 4.74 Å². The summed E-state index contributed by atoms with van der Waals surface area (Å²) < 4.78 is 8.16.